The number of benzene rings is 2. The lowest BCUT2D eigenvalue weighted by Crippen LogP contribution is -2.40. The molecule has 31 heavy (non-hydrogen) atoms. The fraction of sp³-hybridized carbons (Fsp3) is 0.348. The van der Waals surface area contributed by atoms with Gasteiger partial charge in [-0.3, -0.25) is 4.79 Å². The number of aryl methyl sites for hydroxylation is 1. The first-order valence-electron chi connectivity index (χ1n) is 10.3. The lowest BCUT2D eigenvalue weighted by Gasteiger charge is -2.28. The van der Waals surface area contributed by atoms with Crippen molar-refractivity contribution in [1.29, 1.82) is 0 Å². The molecule has 2 heterocycles. The summed E-state index contributed by atoms with van der Waals surface area (Å²) in [5, 5.41) is 0. The molecule has 8 heteroatoms. The highest BCUT2D eigenvalue weighted by atomic mass is 32.2. The van der Waals surface area contributed by atoms with Gasteiger partial charge in [0.05, 0.1) is 18.1 Å². The maximum absolute atomic E-state index is 13.2. The summed E-state index contributed by atoms with van der Waals surface area (Å²) < 4.78 is 45.8. The Bertz CT molecular complexity index is 1110. The van der Waals surface area contributed by atoms with Crippen LogP contribution in [0.25, 0.3) is 5.57 Å². The van der Waals surface area contributed by atoms with E-state index in [2.05, 4.69) is 0 Å². The van der Waals surface area contributed by atoms with Crippen molar-refractivity contribution in [2.75, 3.05) is 39.4 Å². The van der Waals surface area contributed by atoms with Gasteiger partial charge in [-0.15, -0.1) is 0 Å². The number of sulfonamides is 1. The van der Waals surface area contributed by atoms with Gasteiger partial charge in [-0.25, -0.2) is 12.8 Å². The van der Waals surface area contributed by atoms with Crippen molar-refractivity contribution in [3.63, 3.8) is 0 Å². The molecule has 0 N–H and O–H groups in total. The molecule has 2 aliphatic heterocycles. The monoisotopic (exact) mass is 444 g/mol. The van der Waals surface area contributed by atoms with Crippen molar-refractivity contribution in [3.8, 4) is 0 Å². The van der Waals surface area contributed by atoms with Gasteiger partial charge in [-0.1, -0.05) is 24.3 Å². The van der Waals surface area contributed by atoms with Gasteiger partial charge >= 0.3 is 0 Å². The van der Waals surface area contributed by atoms with Crippen LogP contribution in [0.2, 0.25) is 0 Å². The number of nitrogens with zero attached hydrogens (tertiary/aromatic N) is 2. The average Bonchev–Trinajstić information content (AvgIpc) is 2.80. The van der Waals surface area contributed by atoms with E-state index in [1.165, 1.54) is 22.5 Å². The van der Waals surface area contributed by atoms with Crippen LogP contribution in [0, 0.1) is 12.7 Å². The number of hydrogen-bond donors (Lipinski definition) is 0. The molecule has 1 amide bonds. The van der Waals surface area contributed by atoms with Gasteiger partial charge in [0.2, 0.25) is 10.0 Å². The number of ether oxygens (including phenoxy) is 1. The van der Waals surface area contributed by atoms with E-state index in [1.807, 2.05) is 13.0 Å². The summed E-state index contributed by atoms with van der Waals surface area (Å²) in [5.41, 5.74) is 3.15. The molecular weight excluding hydrogens is 419 g/mol. The zero-order valence-corrected chi connectivity index (χ0v) is 18.2. The molecule has 0 atom stereocenters. The van der Waals surface area contributed by atoms with E-state index in [9.17, 15) is 17.6 Å². The third kappa shape index (κ3) is 4.56. The Balaban J connectivity index is 1.54. The van der Waals surface area contributed by atoms with Crippen LogP contribution in [0.4, 0.5) is 4.39 Å². The van der Waals surface area contributed by atoms with Gasteiger partial charge in [0.15, 0.2) is 0 Å². The molecule has 2 aliphatic rings. The van der Waals surface area contributed by atoms with Crippen molar-refractivity contribution >= 4 is 21.5 Å². The molecule has 0 unspecified atom stereocenters. The average molecular weight is 445 g/mol. The number of morpholine rings is 1. The number of hydrogen-bond acceptors (Lipinski definition) is 4. The first-order chi connectivity index (χ1) is 14.9. The van der Waals surface area contributed by atoms with Crippen LogP contribution in [0.5, 0.6) is 0 Å². The molecule has 0 saturated carbocycles. The minimum absolute atomic E-state index is 0.128. The number of carbonyl (C=O) groups excluding carboxylic acids is 1. The largest absolute Gasteiger partial charge is 0.379 e. The maximum atomic E-state index is 13.2. The fourth-order valence-corrected chi connectivity index (χ4v) is 5.31. The minimum atomic E-state index is -3.67. The molecule has 1 fully saturated rings. The fourth-order valence-electron chi connectivity index (χ4n) is 3.88. The lowest BCUT2D eigenvalue weighted by molar-refractivity contribution is 0.0730. The molecular formula is C23H25FN2O4S. The van der Waals surface area contributed by atoms with Crippen LogP contribution in [-0.2, 0) is 14.8 Å². The van der Waals surface area contributed by atoms with E-state index in [4.69, 9.17) is 4.74 Å². The second kappa shape index (κ2) is 8.90. The minimum Gasteiger partial charge on any atom is -0.379 e. The first kappa shape index (κ1) is 21.7. The third-order valence-electron chi connectivity index (χ3n) is 5.76. The van der Waals surface area contributed by atoms with E-state index < -0.39 is 10.0 Å². The smallest absolute Gasteiger partial charge is 0.254 e. The quantitative estimate of drug-likeness (QED) is 0.727. The highest BCUT2D eigenvalue weighted by Gasteiger charge is 2.28. The highest BCUT2D eigenvalue weighted by molar-refractivity contribution is 7.89. The molecule has 4 rings (SSSR count). The Morgan fingerprint density at radius 3 is 2.39 bits per heavy atom. The number of rotatable bonds is 4. The van der Waals surface area contributed by atoms with Gasteiger partial charge in [0, 0.05) is 31.7 Å². The zero-order valence-electron chi connectivity index (χ0n) is 17.4. The number of halogens is 1. The van der Waals surface area contributed by atoms with Crippen LogP contribution in [0.15, 0.2) is 53.4 Å². The normalized spacial score (nSPS) is 18.0. The third-order valence-corrected chi connectivity index (χ3v) is 7.65. The Morgan fingerprint density at radius 2 is 1.74 bits per heavy atom. The summed E-state index contributed by atoms with van der Waals surface area (Å²) >= 11 is 0. The molecule has 164 valence electrons. The summed E-state index contributed by atoms with van der Waals surface area (Å²) in [4.78, 5) is 15.0. The second-order valence-corrected chi connectivity index (χ2v) is 9.67. The molecule has 0 bridgehead atoms. The van der Waals surface area contributed by atoms with Gasteiger partial charge in [-0.2, -0.15) is 4.31 Å². The van der Waals surface area contributed by atoms with Crippen molar-refractivity contribution in [1.82, 2.24) is 9.21 Å². The first-order valence-corrected chi connectivity index (χ1v) is 11.7. The Morgan fingerprint density at radius 1 is 1.03 bits per heavy atom. The molecule has 6 nitrogen and oxygen atoms in total. The molecule has 0 spiro atoms. The van der Waals surface area contributed by atoms with Crippen LogP contribution in [-0.4, -0.2) is 62.9 Å². The molecule has 2 aromatic carbocycles. The van der Waals surface area contributed by atoms with Crippen LogP contribution >= 0.6 is 0 Å². The predicted octanol–water partition coefficient (Wildman–Crippen LogP) is 3.08. The van der Waals surface area contributed by atoms with E-state index in [0.29, 0.717) is 51.4 Å². The lowest BCUT2D eigenvalue weighted by atomic mass is 9.98. The number of carbonyl (C=O) groups is 1. The van der Waals surface area contributed by atoms with Crippen molar-refractivity contribution in [2.24, 2.45) is 0 Å². The van der Waals surface area contributed by atoms with Crippen molar-refractivity contribution < 1.29 is 22.3 Å². The topological polar surface area (TPSA) is 66.9 Å². The maximum Gasteiger partial charge on any atom is 0.254 e. The van der Waals surface area contributed by atoms with Crippen LogP contribution in [0.3, 0.4) is 0 Å². The van der Waals surface area contributed by atoms with Gasteiger partial charge < -0.3 is 9.64 Å². The number of amides is 1. The van der Waals surface area contributed by atoms with Crippen molar-refractivity contribution in [3.05, 3.63) is 71.0 Å². The Hall–Kier alpha value is -2.55. The Kier molecular flexibility index (Phi) is 6.22. The summed E-state index contributed by atoms with van der Waals surface area (Å²) in [6.45, 7) is 4.10. The molecule has 0 radical (unpaired) electrons. The van der Waals surface area contributed by atoms with E-state index in [1.54, 1.807) is 29.2 Å². The molecule has 0 aliphatic carbocycles. The zero-order chi connectivity index (χ0) is 22.0. The summed E-state index contributed by atoms with van der Waals surface area (Å²) in [5.74, 6) is -0.467. The van der Waals surface area contributed by atoms with Crippen molar-refractivity contribution in [2.45, 2.75) is 18.2 Å². The highest BCUT2D eigenvalue weighted by Crippen LogP contribution is 2.26. The van der Waals surface area contributed by atoms with Crippen LogP contribution in [0.1, 0.15) is 27.9 Å². The predicted molar refractivity (Wildman–Crippen MR) is 116 cm³/mol. The second-order valence-electron chi connectivity index (χ2n) is 7.73. The summed E-state index contributed by atoms with van der Waals surface area (Å²) in [6, 6.07) is 11.1. The van der Waals surface area contributed by atoms with Gasteiger partial charge in [-0.05, 0) is 54.3 Å². The summed E-state index contributed by atoms with van der Waals surface area (Å²) in [7, 11) is -3.67. The van der Waals surface area contributed by atoms with E-state index >= 15 is 0 Å². The van der Waals surface area contributed by atoms with Crippen LogP contribution < -0.4 is 0 Å². The molecule has 2 aromatic rings. The van der Waals surface area contributed by atoms with E-state index in [0.717, 1.165) is 16.7 Å². The molecule has 1 saturated heterocycles. The SMILES string of the molecule is Cc1ccc(S(=O)(=O)N2CCOCC2)cc1C(=O)N1CC=C(c2ccc(F)cc2)CC1. The molecule has 0 aromatic heterocycles. The Labute approximate surface area is 182 Å². The van der Waals surface area contributed by atoms with E-state index in [-0.39, 0.29) is 16.6 Å². The summed E-state index contributed by atoms with van der Waals surface area (Å²) in [6.07, 6.45) is 2.63. The van der Waals surface area contributed by atoms with Gasteiger partial charge in [0.1, 0.15) is 5.82 Å². The standard InChI is InChI=1S/C23H25FN2O4S/c1-17-2-7-21(31(28,29)26-12-14-30-15-13-26)16-22(17)23(27)25-10-8-19(9-11-25)18-3-5-20(24)6-4-18/h2-8,16H,9-15H2,1H3. The van der Waals surface area contributed by atoms with Gasteiger partial charge in [0.25, 0.3) is 5.91 Å².